The zero-order valence-corrected chi connectivity index (χ0v) is 11.1. The van der Waals surface area contributed by atoms with Gasteiger partial charge in [0.2, 0.25) is 0 Å². The molecule has 0 saturated heterocycles. The van der Waals surface area contributed by atoms with E-state index in [4.69, 9.17) is 17.3 Å². The van der Waals surface area contributed by atoms with Crippen molar-refractivity contribution >= 4 is 28.1 Å². The Morgan fingerprint density at radius 1 is 1.31 bits per heavy atom. The van der Waals surface area contributed by atoms with Crippen LogP contribution < -0.4 is 5.73 Å². The first kappa shape index (κ1) is 13.5. The van der Waals surface area contributed by atoms with Gasteiger partial charge in [0.15, 0.2) is 0 Å². The van der Waals surface area contributed by atoms with E-state index in [1.54, 1.807) is 18.2 Å². The van der Waals surface area contributed by atoms with Gasteiger partial charge in [0, 0.05) is 11.4 Å². The molecule has 0 amide bonds. The molecular weight excluding hydrogens is 242 g/mol. The van der Waals surface area contributed by atoms with Gasteiger partial charge < -0.3 is 5.73 Å². The standard InChI is InChI=1S/C12H18ClNOS/c1-2-3-4-5-8-16(15)12-9-10(14)6-7-11(12)13/h6-7,9H,2-5,8,14H2,1H3. The molecule has 90 valence electrons. The number of benzene rings is 1. The van der Waals surface area contributed by atoms with Crippen LogP contribution in [0.15, 0.2) is 23.1 Å². The van der Waals surface area contributed by atoms with Gasteiger partial charge in [-0.2, -0.15) is 0 Å². The number of hydrogen-bond acceptors (Lipinski definition) is 2. The number of hydrogen-bond donors (Lipinski definition) is 1. The zero-order chi connectivity index (χ0) is 12.0. The molecule has 0 aliphatic carbocycles. The molecule has 1 aromatic rings. The van der Waals surface area contributed by atoms with Crippen LogP contribution in [0.25, 0.3) is 0 Å². The lowest BCUT2D eigenvalue weighted by Gasteiger charge is -2.05. The van der Waals surface area contributed by atoms with Crippen molar-refractivity contribution in [2.24, 2.45) is 0 Å². The molecule has 0 spiro atoms. The Balaban J connectivity index is 2.55. The molecule has 4 heteroatoms. The van der Waals surface area contributed by atoms with Gasteiger partial charge in [-0.3, -0.25) is 4.21 Å². The Labute approximate surface area is 105 Å². The largest absolute Gasteiger partial charge is 0.399 e. The third-order valence-electron chi connectivity index (χ3n) is 2.38. The summed E-state index contributed by atoms with van der Waals surface area (Å²) in [6.45, 7) is 2.16. The second-order valence-electron chi connectivity index (χ2n) is 3.80. The first-order valence-corrected chi connectivity index (χ1v) is 7.28. The summed E-state index contributed by atoms with van der Waals surface area (Å²) in [6, 6.07) is 5.13. The molecule has 16 heavy (non-hydrogen) atoms. The first-order chi connectivity index (χ1) is 7.65. The predicted molar refractivity (Wildman–Crippen MR) is 71.3 cm³/mol. The van der Waals surface area contributed by atoms with E-state index in [0.29, 0.717) is 21.4 Å². The minimum atomic E-state index is -1.02. The van der Waals surface area contributed by atoms with Crippen LogP contribution in [0.4, 0.5) is 5.69 Å². The van der Waals surface area contributed by atoms with E-state index < -0.39 is 10.8 Å². The fourth-order valence-corrected chi connectivity index (χ4v) is 3.08. The molecule has 0 aliphatic heterocycles. The number of unbranched alkanes of at least 4 members (excludes halogenated alkanes) is 3. The smallest absolute Gasteiger partial charge is 0.0594 e. The quantitative estimate of drug-likeness (QED) is 0.626. The molecule has 0 aromatic heterocycles. The Kier molecular flexibility index (Phi) is 5.85. The molecule has 0 saturated carbocycles. The highest BCUT2D eigenvalue weighted by atomic mass is 35.5. The summed E-state index contributed by atoms with van der Waals surface area (Å²) in [5.74, 6) is 0.670. The van der Waals surface area contributed by atoms with Crippen molar-refractivity contribution in [2.75, 3.05) is 11.5 Å². The Hall–Kier alpha value is -0.540. The van der Waals surface area contributed by atoms with Crippen LogP contribution in [-0.2, 0) is 10.8 Å². The molecule has 1 aromatic carbocycles. The number of halogens is 1. The van der Waals surface area contributed by atoms with Crippen LogP contribution in [-0.4, -0.2) is 9.96 Å². The highest BCUT2D eigenvalue weighted by molar-refractivity contribution is 7.85. The third-order valence-corrected chi connectivity index (χ3v) is 4.31. The molecule has 1 rings (SSSR count). The summed E-state index contributed by atoms with van der Waals surface area (Å²) in [6.07, 6.45) is 4.49. The molecule has 0 fully saturated rings. The van der Waals surface area contributed by atoms with Crippen LogP contribution in [0.1, 0.15) is 32.6 Å². The monoisotopic (exact) mass is 259 g/mol. The van der Waals surface area contributed by atoms with Crippen molar-refractivity contribution < 1.29 is 4.21 Å². The van der Waals surface area contributed by atoms with Gasteiger partial charge in [0.05, 0.1) is 20.7 Å². The van der Waals surface area contributed by atoms with Gasteiger partial charge in [-0.05, 0) is 24.6 Å². The van der Waals surface area contributed by atoms with Crippen molar-refractivity contribution in [3.8, 4) is 0 Å². The van der Waals surface area contributed by atoms with E-state index in [2.05, 4.69) is 6.92 Å². The highest BCUT2D eigenvalue weighted by Crippen LogP contribution is 2.23. The normalized spacial score (nSPS) is 12.6. The lowest BCUT2D eigenvalue weighted by atomic mass is 10.2. The van der Waals surface area contributed by atoms with Crippen LogP contribution in [0.3, 0.4) is 0 Å². The van der Waals surface area contributed by atoms with Crippen molar-refractivity contribution in [3.63, 3.8) is 0 Å². The third kappa shape index (κ3) is 4.14. The predicted octanol–water partition coefficient (Wildman–Crippen LogP) is 3.61. The Morgan fingerprint density at radius 2 is 2.06 bits per heavy atom. The number of nitrogen functional groups attached to an aromatic ring is 1. The average molecular weight is 260 g/mol. The zero-order valence-electron chi connectivity index (χ0n) is 9.54. The van der Waals surface area contributed by atoms with Gasteiger partial charge in [-0.1, -0.05) is 37.8 Å². The SMILES string of the molecule is CCCCCCS(=O)c1cc(N)ccc1Cl. The van der Waals surface area contributed by atoms with Gasteiger partial charge in [0.1, 0.15) is 0 Å². The summed E-state index contributed by atoms with van der Waals surface area (Å²) in [4.78, 5) is 0.665. The Morgan fingerprint density at radius 3 is 2.75 bits per heavy atom. The second-order valence-corrected chi connectivity index (χ2v) is 5.75. The van der Waals surface area contributed by atoms with Crippen LogP contribution in [0, 0.1) is 0 Å². The minimum Gasteiger partial charge on any atom is -0.399 e. The van der Waals surface area contributed by atoms with E-state index in [1.165, 1.54) is 12.8 Å². The van der Waals surface area contributed by atoms with E-state index in [0.717, 1.165) is 12.8 Å². The van der Waals surface area contributed by atoms with E-state index in [9.17, 15) is 4.21 Å². The maximum Gasteiger partial charge on any atom is 0.0594 e. The summed E-state index contributed by atoms with van der Waals surface area (Å²) < 4.78 is 12.0. The van der Waals surface area contributed by atoms with Crippen LogP contribution >= 0.6 is 11.6 Å². The molecule has 1 unspecified atom stereocenters. The van der Waals surface area contributed by atoms with Crippen LogP contribution in [0.5, 0.6) is 0 Å². The Bertz CT molecular complexity index is 368. The van der Waals surface area contributed by atoms with Crippen molar-refractivity contribution in [3.05, 3.63) is 23.2 Å². The summed E-state index contributed by atoms with van der Waals surface area (Å²) >= 11 is 5.98. The topological polar surface area (TPSA) is 43.1 Å². The van der Waals surface area contributed by atoms with Crippen LogP contribution in [0.2, 0.25) is 5.02 Å². The van der Waals surface area contributed by atoms with Crippen molar-refractivity contribution in [1.29, 1.82) is 0 Å². The fraction of sp³-hybridized carbons (Fsp3) is 0.500. The van der Waals surface area contributed by atoms with E-state index in [-0.39, 0.29) is 0 Å². The molecule has 0 radical (unpaired) electrons. The lowest BCUT2D eigenvalue weighted by Crippen LogP contribution is -2.00. The molecule has 2 N–H and O–H groups in total. The molecule has 0 bridgehead atoms. The average Bonchev–Trinajstić information content (AvgIpc) is 2.27. The van der Waals surface area contributed by atoms with E-state index >= 15 is 0 Å². The fourth-order valence-electron chi connectivity index (χ4n) is 1.46. The van der Waals surface area contributed by atoms with Gasteiger partial charge in [0.25, 0.3) is 0 Å². The number of rotatable bonds is 6. The first-order valence-electron chi connectivity index (χ1n) is 5.58. The number of anilines is 1. The molecule has 0 aliphatic rings. The highest BCUT2D eigenvalue weighted by Gasteiger charge is 2.08. The minimum absolute atomic E-state index is 0.544. The van der Waals surface area contributed by atoms with Gasteiger partial charge >= 0.3 is 0 Å². The number of nitrogens with two attached hydrogens (primary N) is 1. The summed E-state index contributed by atoms with van der Waals surface area (Å²) in [5.41, 5.74) is 6.26. The maximum atomic E-state index is 12.0. The van der Waals surface area contributed by atoms with Gasteiger partial charge in [-0.15, -0.1) is 0 Å². The maximum absolute atomic E-state index is 12.0. The summed E-state index contributed by atoms with van der Waals surface area (Å²) in [5, 5.41) is 0.544. The van der Waals surface area contributed by atoms with Gasteiger partial charge in [-0.25, -0.2) is 0 Å². The molecule has 1 atom stereocenters. The van der Waals surface area contributed by atoms with Crippen molar-refractivity contribution in [1.82, 2.24) is 0 Å². The summed E-state index contributed by atoms with van der Waals surface area (Å²) in [7, 11) is -1.02. The molecule has 0 heterocycles. The van der Waals surface area contributed by atoms with Crippen molar-refractivity contribution in [2.45, 2.75) is 37.5 Å². The molecular formula is C12H18ClNOS. The second kappa shape index (κ2) is 6.92. The molecule has 2 nitrogen and oxygen atoms in total. The lowest BCUT2D eigenvalue weighted by molar-refractivity contribution is 0.668. The van der Waals surface area contributed by atoms with E-state index in [1.807, 2.05) is 0 Å².